The molecule has 0 saturated heterocycles. The van der Waals surface area contributed by atoms with E-state index < -0.39 is 15.9 Å². The van der Waals surface area contributed by atoms with E-state index in [9.17, 15) is 22.4 Å². The average Bonchev–Trinajstić information content (AvgIpc) is 3.41. The van der Waals surface area contributed by atoms with Crippen molar-refractivity contribution in [2.24, 2.45) is 0 Å². The van der Waals surface area contributed by atoms with Crippen molar-refractivity contribution in [1.82, 2.24) is 4.90 Å². The quantitative estimate of drug-likeness (QED) is 0.244. The third-order valence-electron chi connectivity index (χ3n) is 5.35. The van der Waals surface area contributed by atoms with Crippen LogP contribution in [0.1, 0.15) is 27.7 Å². The Balaban J connectivity index is 1.63. The molecule has 0 radical (unpaired) electrons. The van der Waals surface area contributed by atoms with Crippen LogP contribution in [0.3, 0.4) is 0 Å². The molecule has 11 heteroatoms. The van der Waals surface area contributed by atoms with Crippen LogP contribution < -0.4 is 9.50 Å². The van der Waals surface area contributed by atoms with Crippen molar-refractivity contribution in [2.75, 3.05) is 5.32 Å². The average molecular weight is 573 g/mol. The van der Waals surface area contributed by atoms with Gasteiger partial charge in [-0.2, -0.15) is 8.42 Å². The van der Waals surface area contributed by atoms with Gasteiger partial charge in [0.05, 0.1) is 11.4 Å². The van der Waals surface area contributed by atoms with E-state index in [1.54, 1.807) is 29.6 Å². The first kappa shape index (κ1) is 27.3. The second-order valence-electron chi connectivity index (χ2n) is 8.26. The van der Waals surface area contributed by atoms with Crippen LogP contribution >= 0.6 is 22.9 Å². The summed E-state index contributed by atoms with van der Waals surface area (Å²) in [5.74, 6) is -0.967. The summed E-state index contributed by atoms with van der Waals surface area (Å²) in [7, 11) is -4.26. The van der Waals surface area contributed by atoms with Crippen LogP contribution in [0.4, 0.5) is 10.1 Å². The van der Waals surface area contributed by atoms with Gasteiger partial charge in [-0.15, -0.1) is 11.3 Å². The number of benzene rings is 3. The first-order chi connectivity index (χ1) is 18.1. The van der Waals surface area contributed by atoms with Crippen LogP contribution in [0.25, 0.3) is 0 Å². The largest absolute Gasteiger partial charge is 0.379 e. The van der Waals surface area contributed by atoms with Gasteiger partial charge in [0.15, 0.2) is 0 Å². The number of hydrogen-bond acceptors (Lipinski definition) is 6. The fourth-order valence-electron chi connectivity index (χ4n) is 3.60. The predicted octanol–water partition coefficient (Wildman–Crippen LogP) is 6.11. The molecule has 4 aromatic rings. The molecule has 0 aliphatic heterocycles. The topological polar surface area (TPSA) is 92.8 Å². The summed E-state index contributed by atoms with van der Waals surface area (Å²) in [5, 5.41) is 4.68. The maximum atomic E-state index is 13.4. The molecule has 1 heterocycles. The van der Waals surface area contributed by atoms with E-state index in [0.29, 0.717) is 26.7 Å². The van der Waals surface area contributed by atoms with Gasteiger partial charge in [0.25, 0.3) is 5.91 Å². The van der Waals surface area contributed by atoms with Gasteiger partial charge in [-0.05, 0) is 71.6 Å². The van der Waals surface area contributed by atoms with E-state index >= 15 is 0 Å². The van der Waals surface area contributed by atoms with Gasteiger partial charge in [0.2, 0.25) is 5.91 Å². The second-order valence-corrected chi connectivity index (χ2v) is 11.2. The third-order valence-corrected chi connectivity index (χ3v) is 7.69. The molecule has 0 spiro atoms. The number of halogens is 2. The van der Waals surface area contributed by atoms with Crippen LogP contribution in [0.15, 0.2) is 89.1 Å². The molecular formula is C27H22ClFN2O5S2. The van der Waals surface area contributed by atoms with Crippen LogP contribution in [-0.4, -0.2) is 25.1 Å². The Hall–Kier alpha value is -3.73. The Morgan fingerprint density at radius 1 is 1.00 bits per heavy atom. The number of carbonyl (C=O) groups excluding carboxylic acids is 2. The zero-order chi connectivity index (χ0) is 27.3. The van der Waals surface area contributed by atoms with E-state index in [-0.39, 0.29) is 35.5 Å². The van der Waals surface area contributed by atoms with E-state index in [0.717, 1.165) is 0 Å². The van der Waals surface area contributed by atoms with E-state index in [1.165, 1.54) is 77.8 Å². The maximum absolute atomic E-state index is 13.4. The lowest BCUT2D eigenvalue weighted by atomic mass is 10.1. The lowest BCUT2D eigenvalue weighted by Gasteiger charge is -2.24. The van der Waals surface area contributed by atoms with Crippen LogP contribution in [0.5, 0.6) is 5.75 Å². The Bertz CT molecular complexity index is 1540. The normalized spacial score (nSPS) is 11.1. The smallest absolute Gasteiger partial charge is 0.339 e. The number of hydrogen-bond donors (Lipinski definition) is 1. The number of nitrogens with one attached hydrogen (secondary N) is 1. The minimum atomic E-state index is -4.26. The first-order valence-electron chi connectivity index (χ1n) is 11.3. The van der Waals surface area contributed by atoms with Crippen LogP contribution in [0.2, 0.25) is 5.02 Å². The molecule has 2 amide bonds. The highest BCUT2D eigenvalue weighted by molar-refractivity contribution is 7.87. The summed E-state index contributed by atoms with van der Waals surface area (Å²) >= 11 is 7.49. The molecule has 0 unspecified atom stereocenters. The molecule has 0 saturated carbocycles. The maximum Gasteiger partial charge on any atom is 0.339 e. The molecular weight excluding hydrogens is 551 g/mol. The number of anilines is 1. The molecule has 38 heavy (non-hydrogen) atoms. The lowest BCUT2D eigenvalue weighted by molar-refractivity contribution is -0.114. The summed E-state index contributed by atoms with van der Waals surface area (Å²) in [6.45, 7) is 1.46. The van der Waals surface area contributed by atoms with Crippen molar-refractivity contribution >= 4 is 50.6 Å². The Labute approximate surface area is 228 Å². The van der Waals surface area contributed by atoms with Crippen molar-refractivity contribution in [3.05, 3.63) is 111 Å². The molecule has 1 N–H and O–H groups in total. The minimum absolute atomic E-state index is 0.00317. The SMILES string of the molecule is CC(=O)Nc1ccc(S(=O)(=O)Oc2ccc(Cl)cc2CN(Cc2ccc(F)cc2)C(=O)c2cccs2)cc1. The molecule has 3 aromatic carbocycles. The van der Waals surface area contributed by atoms with Gasteiger partial charge in [-0.25, -0.2) is 4.39 Å². The zero-order valence-corrected chi connectivity index (χ0v) is 22.4. The number of carbonyl (C=O) groups is 2. The van der Waals surface area contributed by atoms with Gasteiger partial charge < -0.3 is 14.4 Å². The lowest BCUT2D eigenvalue weighted by Crippen LogP contribution is -2.30. The Morgan fingerprint density at radius 3 is 2.34 bits per heavy atom. The van der Waals surface area contributed by atoms with Gasteiger partial charge in [-0.3, -0.25) is 9.59 Å². The number of thiophene rings is 1. The number of nitrogens with zero attached hydrogens (tertiary/aromatic N) is 1. The number of amides is 2. The predicted molar refractivity (Wildman–Crippen MR) is 144 cm³/mol. The van der Waals surface area contributed by atoms with E-state index in [2.05, 4.69) is 5.32 Å². The van der Waals surface area contributed by atoms with Crippen molar-refractivity contribution in [3.8, 4) is 5.75 Å². The van der Waals surface area contributed by atoms with Crippen LogP contribution in [0, 0.1) is 5.82 Å². The van der Waals surface area contributed by atoms with Gasteiger partial charge in [0, 0.05) is 29.7 Å². The van der Waals surface area contributed by atoms with E-state index in [1.807, 2.05) is 0 Å². The van der Waals surface area contributed by atoms with Crippen molar-refractivity contribution in [3.63, 3.8) is 0 Å². The highest BCUT2D eigenvalue weighted by atomic mass is 35.5. The monoisotopic (exact) mass is 572 g/mol. The number of rotatable bonds is 9. The summed E-state index contributed by atoms with van der Waals surface area (Å²) < 4.78 is 45.0. The first-order valence-corrected chi connectivity index (χ1v) is 13.9. The molecule has 0 bridgehead atoms. The highest BCUT2D eigenvalue weighted by Crippen LogP contribution is 2.29. The van der Waals surface area contributed by atoms with Crippen LogP contribution in [-0.2, 0) is 28.0 Å². The molecule has 1 aromatic heterocycles. The fourth-order valence-corrected chi connectivity index (χ4v) is 5.45. The molecule has 0 aliphatic rings. The van der Waals surface area contributed by atoms with Crippen molar-refractivity contribution < 1.29 is 26.6 Å². The molecule has 0 atom stereocenters. The summed E-state index contributed by atoms with van der Waals surface area (Å²) in [4.78, 5) is 26.4. The summed E-state index contributed by atoms with van der Waals surface area (Å²) in [5.41, 5.74) is 1.49. The summed E-state index contributed by atoms with van der Waals surface area (Å²) in [6, 6.07) is 19.2. The van der Waals surface area contributed by atoms with Gasteiger partial charge in [0.1, 0.15) is 16.5 Å². The molecule has 0 fully saturated rings. The third kappa shape index (κ3) is 6.97. The Morgan fingerprint density at radius 2 is 1.71 bits per heavy atom. The molecule has 0 aliphatic carbocycles. The van der Waals surface area contributed by atoms with E-state index in [4.69, 9.17) is 15.8 Å². The highest BCUT2D eigenvalue weighted by Gasteiger charge is 2.23. The molecule has 196 valence electrons. The Kier molecular flexibility index (Phi) is 8.45. The molecule has 7 nitrogen and oxygen atoms in total. The van der Waals surface area contributed by atoms with Crippen molar-refractivity contribution in [1.29, 1.82) is 0 Å². The minimum Gasteiger partial charge on any atom is -0.379 e. The second kappa shape index (κ2) is 11.8. The summed E-state index contributed by atoms with van der Waals surface area (Å²) in [6.07, 6.45) is 0. The van der Waals surface area contributed by atoms with Crippen molar-refractivity contribution in [2.45, 2.75) is 24.9 Å². The van der Waals surface area contributed by atoms with Gasteiger partial charge in [-0.1, -0.05) is 29.8 Å². The fraction of sp³-hybridized carbons (Fsp3) is 0.111. The zero-order valence-electron chi connectivity index (χ0n) is 20.1. The molecule has 4 rings (SSSR count). The van der Waals surface area contributed by atoms with Gasteiger partial charge >= 0.3 is 10.1 Å². The standard InChI is InChI=1S/C27H22ClFN2O5S2/c1-18(32)30-23-9-11-24(12-10-23)38(34,35)36-25-13-6-21(28)15-20(25)17-31(27(33)26-3-2-14-37-26)16-19-4-7-22(29)8-5-19/h2-15H,16-17H2,1H3,(H,30,32).